The third-order valence-electron chi connectivity index (χ3n) is 1.65. The van der Waals surface area contributed by atoms with Gasteiger partial charge < -0.3 is 0 Å². The molecule has 1 aromatic heterocycles. The maximum absolute atomic E-state index is 12.3. The van der Waals surface area contributed by atoms with Gasteiger partial charge in [-0.2, -0.15) is 26.3 Å². The molecule has 0 aliphatic carbocycles. The number of alkyl halides is 6. The van der Waals surface area contributed by atoms with Crippen molar-refractivity contribution in [2.75, 3.05) is 0 Å². The zero-order valence-corrected chi connectivity index (χ0v) is 9.24. The van der Waals surface area contributed by atoms with Gasteiger partial charge in [0.15, 0.2) is 0 Å². The van der Waals surface area contributed by atoms with Crippen LogP contribution in [0.4, 0.5) is 26.3 Å². The maximum atomic E-state index is 12.3. The van der Waals surface area contributed by atoms with Crippen molar-refractivity contribution in [1.82, 2.24) is 4.98 Å². The second-order valence-electron chi connectivity index (χ2n) is 2.87. The van der Waals surface area contributed by atoms with Gasteiger partial charge in [-0.1, -0.05) is 0 Å². The molecular weight excluding hydrogens is 320 g/mol. The Morgan fingerprint density at radius 3 is 2.12 bits per heavy atom. The van der Waals surface area contributed by atoms with Gasteiger partial charge in [0, 0.05) is 10.7 Å². The quantitative estimate of drug-likeness (QED) is 0.584. The average Bonchev–Trinajstić information content (AvgIpc) is 2.14. The summed E-state index contributed by atoms with van der Waals surface area (Å²) < 4.78 is 72.4. The molecule has 94 valence electrons. The normalized spacial score (nSPS) is 12.6. The van der Waals surface area contributed by atoms with Crippen molar-refractivity contribution in [3.05, 3.63) is 28.0 Å². The molecular formula is C8H2BrF6NO. The number of pyridine rings is 1. The second kappa shape index (κ2) is 4.28. The summed E-state index contributed by atoms with van der Waals surface area (Å²) in [6.45, 7) is 0. The first-order chi connectivity index (χ1) is 7.53. The van der Waals surface area contributed by atoms with Crippen molar-refractivity contribution >= 4 is 21.7 Å². The first kappa shape index (κ1) is 13.9. The van der Waals surface area contributed by atoms with Crippen molar-refractivity contribution in [3.63, 3.8) is 0 Å². The SMILES string of the molecule is O=C(c1cc(C(F)(F)F)c(Br)cn1)C(F)(F)F. The van der Waals surface area contributed by atoms with Crippen LogP contribution in [-0.4, -0.2) is 16.9 Å². The average molecular weight is 322 g/mol. The van der Waals surface area contributed by atoms with Crippen LogP contribution in [0.25, 0.3) is 0 Å². The standard InChI is InChI=1S/C8H2BrF6NO/c9-4-2-16-5(6(17)8(13,14)15)1-3(4)7(10,11)12/h1-2H. The van der Waals surface area contributed by atoms with E-state index >= 15 is 0 Å². The summed E-state index contributed by atoms with van der Waals surface area (Å²) in [4.78, 5) is 13.7. The smallest absolute Gasteiger partial charge is 0.282 e. The predicted molar refractivity (Wildman–Crippen MR) is 47.3 cm³/mol. The molecule has 0 atom stereocenters. The van der Waals surface area contributed by atoms with Crippen LogP contribution in [0.15, 0.2) is 16.7 Å². The van der Waals surface area contributed by atoms with E-state index in [0.29, 0.717) is 6.20 Å². The molecule has 0 radical (unpaired) electrons. The van der Waals surface area contributed by atoms with Crippen molar-refractivity contribution in [2.45, 2.75) is 12.4 Å². The Kier molecular flexibility index (Phi) is 3.51. The minimum Gasteiger partial charge on any atom is -0.282 e. The van der Waals surface area contributed by atoms with Crippen LogP contribution in [0.5, 0.6) is 0 Å². The summed E-state index contributed by atoms with van der Waals surface area (Å²) in [5.41, 5.74) is -2.69. The fourth-order valence-corrected chi connectivity index (χ4v) is 1.37. The highest BCUT2D eigenvalue weighted by atomic mass is 79.9. The lowest BCUT2D eigenvalue weighted by Crippen LogP contribution is -2.24. The van der Waals surface area contributed by atoms with Crippen molar-refractivity contribution in [3.8, 4) is 0 Å². The number of rotatable bonds is 1. The van der Waals surface area contributed by atoms with Crippen LogP contribution in [0.3, 0.4) is 0 Å². The third kappa shape index (κ3) is 3.18. The monoisotopic (exact) mass is 321 g/mol. The van der Waals surface area contributed by atoms with Gasteiger partial charge in [0.25, 0.3) is 5.78 Å². The highest BCUT2D eigenvalue weighted by Crippen LogP contribution is 2.35. The van der Waals surface area contributed by atoms with E-state index in [0.717, 1.165) is 0 Å². The van der Waals surface area contributed by atoms with Crippen LogP contribution in [-0.2, 0) is 6.18 Å². The van der Waals surface area contributed by atoms with Gasteiger partial charge in [-0.15, -0.1) is 0 Å². The molecule has 0 bridgehead atoms. The minimum absolute atomic E-state index is 0.0555. The molecule has 1 rings (SSSR count). The first-order valence-corrected chi connectivity index (χ1v) is 4.67. The highest BCUT2D eigenvalue weighted by molar-refractivity contribution is 9.10. The van der Waals surface area contributed by atoms with Gasteiger partial charge in [-0.3, -0.25) is 9.78 Å². The van der Waals surface area contributed by atoms with E-state index in [1.165, 1.54) is 0 Å². The molecule has 0 fully saturated rings. The zero-order valence-electron chi connectivity index (χ0n) is 7.66. The van der Waals surface area contributed by atoms with E-state index in [-0.39, 0.29) is 6.07 Å². The Hall–Kier alpha value is -1.12. The molecule has 0 aliphatic heterocycles. The molecule has 0 N–H and O–H groups in total. The van der Waals surface area contributed by atoms with Crippen LogP contribution >= 0.6 is 15.9 Å². The van der Waals surface area contributed by atoms with Gasteiger partial charge in [-0.05, 0) is 22.0 Å². The topological polar surface area (TPSA) is 30.0 Å². The molecule has 0 saturated carbocycles. The molecule has 0 aromatic carbocycles. The predicted octanol–water partition coefficient (Wildman–Crippen LogP) is 3.61. The van der Waals surface area contributed by atoms with Gasteiger partial charge >= 0.3 is 12.4 Å². The third-order valence-corrected chi connectivity index (χ3v) is 2.28. The largest absolute Gasteiger partial charge is 0.456 e. The molecule has 0 unspecified atom stereocenters. The zero-order chi connectivity index (χ0) is 13.4. The number of ketones is 1. The Balaban J connectivity index is 3.28. The number of Topliss-reactive ketones (excluding diaryl/α,β-unsaturated/α-hetero) is 1. The second-order valence-corrected chi connectivity index (χ2v) is 3.73. The molecule has 17 heavy (non-hydrogen) atoms. The number of carbonyl (C=O) groups excluding carboxylic acids is 1. The minimum atomic E-state index is -5.26. The highest BCUT2D eigenvalue weighted by Gasteiger charge is 2.42. The summed E-state index contributed by atoms with van der Waals surface area (Å²) in [5.74, 6) is -2.42. The maximum Gasteiger partial charge on any atom is 0.456 e. The van der Waals surface area contributed by atoms with Gasteiger partial charge in [0.1, 0.15) is 5.69 Å². The van der Waals surface area contributed by atoms with Gasteiger partial charge in [-0.25, -0.2) is 0 Å². The van der Waals surface area contributed by atoms with Crippen molar-refractivity contribution < 1.29 is 31.1 Å². The number of aromatic nitrogens is 1. The van der Waals surface area contributed by atoms with Gasteiger partial charge in [0.05, 0.1) is 5.56 Å². The van der Waals surface area contributed by atoms with Gasteiger partial charge in [0.2, 0.25) is 0 Å². The summed E-state index contributed by atoms with van der Waals surface area (Å²) in [6.07, 6.45) is -9.63. The van der Waals surface area contributed by atoms with E-state index in [2.05, 4.69) is 20.9 Å². The Bertz CT molecular complexity index is 452. The number of carbonyl (C=O) groups is 1. The molecule has 0 spiro atoms. The molecule has 1 aromatic rings. The van der Waals surface area contributed by atoms with E-state index in [4.69, 9.17) is 0 Å². The van der Waals surface area contributed by atoms with Crippen LogP contribution in [0.1, 0.15) is 16.1 Å². The van der Waals surface area contributed by atoms with Crippen molar-refractivity contribution in [2.24, 2.45) is 0 Å². The van der Waals surface area contributed by atoms with Crippen molar-refractivity contribution in [1.29, 1.82) is 0 Å². The van der Waals surface area contributed by atoms with E-state index in [1.807, 2.05) is 0 Å². The number of nitrogens with zero attached hydrogens (tertiary/aromatic N) is 1. The van der Waals surface area contributed by atoms with Crippen LogP contribution in [0, 0.1) is 0 Å². The molecule has 1 heterocycles. The lowest BCUT2D eigenvalue weighted by atomic mass is 10.1. The molecule has 2 nitrogen and oxygen atoms in total. The molecule has 0 amide bonds. The fraction of sp³-hybridized carbons (Fsp3) is 0.250. The number of halogens is 7. The molecule has 9 heteroatoms. The van der Waals surface area contributed by atoms with Crippen LogP contribution in [0.2, 0.25) is 0 Å². The van der Waals surface area contributed by atoms with E-state index in [9.17, 15) is 31.1 Å². The van der Waals surface area contributed by atoms with E-state index < -0.39 is 33.9 Å². The summed E-state index contributed by atoms with van der Waals surface area (Å²) in [7, 11) is 0. The number of hydrogen-bond donors (Lipinski definition) is 0. The Labute approximate surface area is 98.8 Å². The molecule has 0 aliphatic rings. The Morgan fingerprint density at radius 2 is 1.71 bits per heavy atom. The lowest BCUT2D eigenvalue weighted by Gasteiger charge is -2.10. The summed E-state index contributed by atoms with van der Waals surface area (Å²) >= 11 is 2.49. The summed E-state index contributed by atoms with van der Waals surface area (Å²) in [5, 5.41) is 0. The van der Waals surface area contributed by atoms with E-state index in [1.54, 1.807) is 0 Å². The lowest BCUT2D eigenvalue weighted by molar-refractivity contribution is -0.138. The first-order valence-electron chi connectivity index (χ1n) is 3.87. The fourth-order valence-electron chi connectivity index (χ4n) is 0.925. The molecule has 0 saturated heterocycles. The number of hydrogen-bond acceptors (Lipinski definition) is 2. The Morgan fingerprint density at radius 1 is 1.18 bits per heavy atom. The summed E-state index contributed by atoms with van der Waals surface area (Å²) in [6, 6.07) is 0.0555. The van der Waals surface area contributed by atoms with Crippen LogP contribution < -0.4 is 0 Å².